The molecule has 172 valence electrons. The zero-order valence-electron chi connectivity index (χ0n) is 18.9. The summed E-state index contributed by atoms with van der Waals surface area (Å²) >= 11 is 3.52. The number of hydrogen-bond donors (Lipinski definition) is 1. The molecule has 3 rings (SSSR count). The first-order chi connectivity index (χ1) is 16.0. The molecule has 0 aliphatic heterocycles. The highest BCUT2D eigenvalue weighted by Gasteiger charge is 2.12. The Morgan fingerprint density at radius 3 is 2.45 bits per heavy atom. The molecule has 33 heavy (non-hydrogen) atoms. The van der Waals surface area contributed by atoms with Crippen LogP contribution in [0.5, 0.6) is 17.2 Å². The molecule has 1 N–H and O–H groups in total. The molecule has 0 aromatic heterocycles. The Balaban J connectivity index is 1.54. The minimum absolute atomic E-state index is 0.127. The van der Waals surface area contributed by atoms with Crippen molar-refractivity contribution in [1.29, 1.82) is 0 Å². The minimum Gasteiger partial charge on any atom is -0.493 e. The molecule has 0 fully saturated rings. The largest absolute Gasteiger partial charge is 0.493 e. The highest BCUT2D eigenvalue weighted by Crippen LogP contribution is 2.36. The summed E-state index contributed by atoms with van der Waals surface area (Å²) in [6, 6.07) is 21.2. The fourth-order valence-corrected chi connectivity index (χ4v) is 3.57. The van der Waals surface area contributed by atoms with E-state index in [1.807, 2.05) is 60.7 Å². The Bertz CT molecular complexity index is 1080. The second-order valence-corrected chi connectivity index (χ2v) is 8.47. The van der Waals surface area contributed by atoms with E-state index >= 15 is 0 Å². The van der Waals surface area contributed by atoms with E-state index < -0.39 is 0 Å². The van der Waals surface area contributed by atoms with Crippen LogP contribution in [0.25, 0.3) is 0 Å². The van der Waals surface area contributed by atoms with Crippen molar-refractivity contribution in [3.05, 3.63) is 87.9 Å². The molecule has 7 heteroatoms. The summed E-state index contributed by atoms with van der Waals surface area (Å²) < 4.78 is 17.6. The SMILES string of the molecule is COc1cc(/C=N/NC(=O)COc2ccc(C(C)C)cc2)cc(Br)c1OCc1ccccc1. The van der Waals surface area contributed by atoms with Crippen molar-refractivity contribution in [1.82, 2.24) is 5.43 Å². The molecule has 0 atom stereocenters. The van der Waals surface area contributed by atoms with Gasteiger partial charge in [-0.1, -0.05) is 56.3 Å². The van der Waals surface area contributed by atoms with Gasteiger partial charge in [0.25, 0.3) is 5.91 Å². The highest BCUT2D eigenvalue weighted by molar-refractivity contribution is 9.10. The third kappa shape index (κ3) is 7.36. The van der Waals surface area contributed by atoms with Crippen LogP contribution >= 0.6 is 15.9 Å². The molecule has 0 unspecified atom stereocenters. The summed E-state index contributed by atoms with van der Waals surface area (Å²) in [5, 5.41) is 4.01. The molecule has 0 saturated heterocycles. The molecule has 0 saturated carbocycles. The Kier molecular flexibility index (Phi) is 8.89. The average Bonchev–Trinajstić information content (AvgIpc) is 2.82. The number of methoxy groups -OCH3 is 1. The lowest BCUT2D eigenvalue weighted by Gasteiger charge is -2.13. The van der Waals surface area contributed by atoms with E-state index in [0.717, 1.165) is 15.6 Å². The number of rotatable bonds is 10. The predicted molar refractivity (Wildman–Crippen MR) is 133 cm³/mol. The predicted octanol–water partition coefficient (Wildman–Crippen LogP) is 5.69. The van der Waals surface area contributed by atoms with Crippen molar-refractivity contribution in [2.24, 2.45) is 5.10 Å². The summed E-state index contributed by atoms with van der Waals surface area (Å²) in [5.74, 6) is 1.88. The number of halogens is 1. The summed E-state index contributed by atoms with van der Waals surface area (Å²) in [4.78, 5) is 12.0. The van der Waals surface area contributed by atoms with Crippen molar-refractivity contribution in [2.45, 2.75) is 26.4 Å². The van der Waals surface area contributed by atoms with E-state index in [4.69, 9.17) is 14.2 Å². The summed E-state index contributed by atoms with van der Waals surface area (Å²) in [7, 11) is 1.57. The molecular formula is C26H27BrN2O4. The Morgan fingerprint density at radius 1 is 1.06 bits per heavy atom. The first kappa shape index (κ1) is 24.3. The number of nitrogens with zero attached hydrogens (tertiary/aromatic N) is 1. The van der Waals surface area contributed by atoms with Crippen molar-refractivity contribution in [3.8, 4) is 17.2 Å². The zero-order chi connectivity index (χ0) is 23.6. The lowest BCUT2D eigenvalue weighted by Crippen LogP contribution is -2.24. The second-order valence-electron chi connectivity index (χ2n) is 7.61. The third-order valence-corrected chi connectivity index (χ3v) is 5.39. The quantitative estimate of drug-likeness (QED) is 0.281. The minimum atomic E-state index is -0.354. The molecule has 1 amide bonds. The molecule has 0 aliphatic rings. The summed E-state index contributed by atoms with van der Waals surface area (Å²) in [6.45, 7) is 4.54. The number of amides is 1. The number of carbonyl (C=O) groups excluding carboxylic acids is 1. The van der Waals surface area contributed by atoms with Crippen LogP contribution in [0.15, 0.2) is 76.3 Å². The number of carbonyl (C=O) groups is 1. The van der Waals surface area contributed by atoms with Crippen LogP contribution in [0.4, 0.5) is 0 Å². The van der Waals surface area contributed by atoms with Gasteiger partial charge in [0.05, 0.1) is 17.8 Å². The van der Waals surface area contributed by atoms with Crippen LogP contribution in [0, 0.1) is 0 Å². The highest BCUT2D eigenvalue weighted by atomic mass is 79.9. The molecule has 3 aromatic rings. The molecule has 6 nitrogen and oxygen atoms in total. The third-order valence-electron chi connectivity index (χ3n) is 4.80. The summed E-state index contributed by atoms with van der Waals surface area (Å²) in [6.07, 6.45) is 1.53. The van der Waals surface area contributed by atoms with Crippen molar-refractivity contribution in [3.63, 3.8) is 0 Å². The van der Waals surface area contributed by atoms with Gasteiger partial charge in [0.2, 0.25) is 0 Å². The van der Waals surface area contributed by atoms with Crippen LogP contribution in [-0.4, -0.2) is 25.8 Å². The van der Waals surface area contributed by atoms with Gasteiger partial charge in [-0.3, -0.25) is 4.79 Å². The maximum atomic E-state index is 12.0. The maximum absolute atomic E-state index is 12.0. The van der Waals surface area contributed by atoms with E-state index in [1.54, 1.807) is 13.2 Å². The fraction of sp³-hybridized carbons (Fsp3) is 0.231. The van der Waals surface area contributed by atoms with Gasteiger partial charge in [-0.2, -0.15) is 5.10 Å². The number of benzene rings is 3. The van der Waals surface area contributed by atoms with E-state index in [1.165, 1.54) is 11.8 Å². The number of hydrazone groups is 1. The molecule has 3 aromatic carbocycles. The van der Waals surface area contributed by atoms with Gasteiger partial charge in [0, 0.05) is 0 Å². The van der Waals surface area contributed by atoms with Gasteiger partial charge in [-0.15, -0.1) is 0 Å². The first-order valence-corrected chi connectivity index (χ1v) is 11.3. The van der Waals surface area contributed by atoms with Gasteiger partial charge >= 0.3 is 0 Å². The number of nitrogens with one attached hydrogen (secondary N) is 1. The molecule has 0 radical (unpaired) electrons. The van der Waals surface area contributed by atoms with Gasteiger partial charge in [-0.25, -0.2) is 5.43 Å². The van der Waals surface area contributed by atoms with Crippen LogP contribution in [-0.2, 0) is 11.4 Å². The number of hydrogen-bond acceptors (Lipinski definition) is 5. The summed E-state index contributed by atoms with van der Waals surface area (Å²) in [5.41, 5.74) is 5.47. The van der Waals surface area contributed by atoms with Crippen LogP contribution in [0.3, 0.4) is 0 Å². The Hall–Kier alpha value is -3.32. The topological polar surface area (TPSA) is 69.2 Å². The van der Waals surface area contributed by atoms with E-state index in [-0.39, 0.29) is 12.5 Å². The fourth-order valence-electron chi connectivity index (χ4n) is 2.99. The zero-order valence-corrected chi connectivity index (χ0v) is 20.5. The number of ether oxygens (including phenoxy) is 3. The molecule has 0 heterocycles. The van der Waals surface area contributed by atoms with Gasteiger partial charge in [0.1, 0.15) is 12.4 Å². The van der Waals surface area contributed by atoms with Crippen molar-refractivity contribution in [2.75, 3.05) is 13.7 Å². The molecule has 0 aliphatic carbocycles. The van der Waals surface area contributed by atoms with Crippen molar-refractivity contribution >= 4 is 28.1 Å². The maximum Gasteiger partial charge on any atom is 0.277 e. The normalized spacial score (nSPS) is 10.9. The standard InChI is InChI=1S/C26H27BrN2O4/c1-18(2)21-9-11-22(12-10-21)32-17-25(30)29-28-15-20-13-23(27)26(24(14-20)31-3)33-16-19-7-5-4-6-8-19/h4-15,18H,16-17H2,1-3H3,(H,29,30)/b28-15+. The van der Waals surface area contributed by atoms with Gasteiger partial charge in [-0.05, 0) is 62.8 Å². The van der Waals surface area contributed by atoms with Crippen LogP contribution in [0.1, 0.15) is 36.5 Å². The molecular weight excluding hydrogens is 484 g/mol. The van der Waals surface area contributed by atoms with Crippen molar-refractivity contribution < 1.29 is 19.0 Å². The second kappa shape index (κ2) is 12.1. The first-order valence-electron chi connectivity index (χ1n) is 10.5. The monoisotopic (exact) mass is 510 g/mol. The Labute approximate surface area is 202 Å². The lowest BCUT2D eigenvalue weighted by atomic mass is 10.0. The Morgan fingerprint density at radius 2 is 1.79 bits per heavy atom. The van der Waals surface area contributed by atoms with Gasteiger partial charge < -0.3 is 14.2 Å². The van der Waals surface area contributed by atoms with E-state index in [9.17, 15) is 4.79 Å². The van der Waals surface area contributed by atoms with E-state index in [2.05, 4.69) is 40.3 Å². The van der Waals surface area contributed by atoms with E-state index in [0.29, 0.717) is 29.8 Å². The molecule has 0 spiro atoms. The average molecular weight is 511 g/mol. The molecule has 0 bridgehead atoms. The van der Waals surface area contributed by atoms with Crippen LogP contribution in [0.2, 0.25) is 0 Å². The lowest BCUT2D eigenvalue weighted by molar-refractivity contribution is -0.123. The van der Waals surface area contributed by atoms with Crippen LogP contribution < -0.4 is 19.6 Å². The van der Waals surface area contributed by atoms with Gasteiger partial charge in [0.15, 0.2) is 18.1 Å². The smallest absolute Gasteiger partial charge is 0.277 e.